The highest BCUT2D eigenvalue weighted by atomic mass is 19.1. The smallest absolute Gasteiger partial charge is 0.176 e. The number of likely N-dealkylation sites (N-methyl/N-ethyl adjacent to an activating group) is 1. The number of hydrogen-bond acceptors (Lipinski definition) is 4. The number of tetrazole rings is 1. The zero-order valence-corrected chi connectivity index (χ0v) is 10.7. The normalized spacial score (nSPS) is 12.7. The summed E-state index contributed by atoms with van der Waals surface area (Å²) in [7, 11) is 3.55. The van der Waals surface area contributed by atoms with E-state index in [1.54, 1.807) is 26.1 Å². The first-order valence-electron chi connectivity index (χ1n) is 5.76. The second-order valence-electron chi connectivity index (χ2n) is 4.25. The number of benzene rings is 1. The zero-order valence-electron chi connectivity index (χ0n) is 10.7. The van der Waals surface area contributed by atoms with Gasteiger partial charge in [-0.15, -0.1) is 10.2 Å². The summed E-state index contributed by atoms with van der Waals surface area (Å²) in [4.78, 5) is 1.41. The van der Waals surface area contributed by atoms with Crippen LogP contribution in [0.1, 0.15) is 23.0 Å². The van der Waals surface area contributed by atoms with Gasteiger partial charge in [-0.05, 0) is 36.4 Å². The lowest BCUT2D eigenvalue weighted by molar-refractivity contribution is 0.559. The van der Waals surface area contributed by atoms with E-state index in [-0.39, 0.29) is 11.9 Å². The molecule has 18 heavy (non-hydrogen) atoms. The van der Waals surface area contributed by atoms with Gasteiger partial charge in [0.25, 0.3) is 0 Å². The number of nitrogens with zero attached hydrogens (tertiary/aromatic N) is 4. The van der Waals surface area contributed by atoms with Gasteiger partial charge in [0.05, 0.1) is 7.05 Å². The summed E-state index contributed by atoms with van der Waals surface area (Å²) >= 11 is 0. The molecular formula is C12H16FN5. The van der Waals surface area contributed by atoms with Gasteiger partial charge in [-0.3, -0.25) is 0 Å². The summed E-state index contributed by atoms with van der Waals surface area (Å²) < 4.78 is 13.5. The van der Waals surface area contributed by atoms with E-state index < -0.39 is 0 Å². The van der Waals surface area contributed by atoms with Gasteiger partial charge >= 0.3 is 0 Å². The monoisotopic (exact) mass is 249 g/mol. The van der Waals surface area contributed by atoms with Crippen LogP contribution < -0.4 is 5.32 Å². The van der Waals surface area contributed by atoms with Crippen molar-refractivity contribution in [2.24, 2.45) is 7.05 Å². The Labute approximate surface area is 105 Å². The van der Waals surface area contributed by atoms with Crippen LogP contribution >= 0.6 is 0 Å². The number of rotatable bonds is 4. The molecule has 1 N–H and O–H groups in total. The molecule has 1 unspecified atom stereocenters. The fourth-order valence-electron chi connectivity index (χ4n) is 1.80. The maximum absolute atomic E-state index is 13.5. The molecule has 0 fully saturated rings. The minimum absolute atomic E-state index is 0.0238. The molecule has 6 heteroatoms. The lowest BCUT2D eigenvalue weighted by atomic mass is 10.0. The third-order valence-electron chi connectivity index (χ3n) is 2.88. The minimum atomic E-state index is -0.195. The van der Waals surface area contributed by atoms with Gasteiger partial charge in [-0.2, -0.15) is 4.80 Å². The SMILES string of the molecule is CNC(Cc1nnn(C)n1)c1ccc(C)c(F)c1. The molecule has 0 aliphatic rings. The van der Waals surface area contributed by atoms with Crippen molar-refractivity contribution in [1.82, 2.24) is 25.5 Å². The van der Waals surface area contributed by atoms with Gasteiger partial charge < -0.3 is 5.32 Å². The van der Waals surface area contributed by atoms with Crippen LogP contribution in [0.2, 0.25) is 0 Å². The topological polar surface area (TPSA) is 55.6 Å². The van der Waals surface area contributed by atoms with Crippen molar-refractivity contribution in [3.8, 4) is 0 Å². The third kappa shape index (κ3) is 2.70. The number of hydrogen-bond donors (Lipinski definition) is 1. The van der Waals surface area contributed by atoms with Gasteiger partial charge in [-0.25, -0.2) is 4.39 Å². The second kappa shape index (κ2) is 5.22. The Morgan fingerprint density at radius 1 is 1.44 bits per heavy atom. The Morgan fingerprint density at radius 3 is 2.78 bits per heavy atom. The predicted molar refractivity (Wildman–Crippen MR) is 65.4 cm³/mol. The van der Waals surface area contributed by atoms with E-state index in [0.717, 1.165) is 5.56 Å². The second-order valence-corrected chi connectivity index (χ2v) is 4.25. The molecule has 2 aromatic rings. The summed E-state index contributed by atoms with van der Waals surface area (Å²) in [5.41, 5.74) is 1.53. The van der Waals surface area contributed by atoms with Crippen LogP contribution in [0.15, 0.2) is 18.2 Å². The van der Waals surface area contributed by atoms with Gasteiger partial charge in [0.15, 0.2) is 5.82 Å². The molecule has 0 aliphatic carbocycles. The van der Waals surface area contributed by atoms with E-state index in [1.165, 1.54) is 4.80 Å². The van der Waals surface area contributed by atoms with E-state index >= 15 is 0 Å². The van der Waals surface area contributed by atoms with Gasteiger partial charge in [0.2, 0.25) is 0 Å². The highest BCUT2D eigenvalue weighted by molar-refractivity contribution is 5.26. The van der Waals surface area contributed by atoms with Crippen molar-refractivity contribution in [3.05, 3.63) is 41.0 Å². The lowest BCUT2D eigenvalue weighted by Gasteiger charge is -2.15. The lowest BCUT2D eigenvalue weighted by Crippen LogP contribution is -2.19. The summed E-state index contributed by atoms with van der Waals surface area (Å²) in [6, 6.07) is 5.21. The van der Waals surface area contributed by atoms with Crippen LogP contribution in [-0.2, 0) is 13.5 Å². The molecule has 1 aromatic carbocycles. The molecule has 0 saturated heterocycles. The molecule has 1 heterocycles. The van der Waals surface area contributed by atoms with Crippen molar-refractivity contribution < 1.29 is 4.39 Å². The number of nitrogens with one attached hydrogen (secondary N) is 1. The Bertz CT molecular complexity index is 537. The average molecular weight is 249 g/mol. The predicted octanol–water partition coefficient (Wildman–Crippen LogP) is 1.16. The molecule has 96 valence electrons. The van der Waals surface area contributed by atoms with Crippen LogP contribution in [0.5, 0.6) is 0 Å². The first kappa shape index (κ1) is 12.6. The maximum Gasteiger partial charge on any atom is 0.176 e. The minimum Gasteiger partial charge on any atom is -0.313 e. The molecule has 0 saturated carbocycles. The van der Waals surface area contributed by atoms with Gasteiger partial charge in [0, 0.05) is 12.5 Å². The van der Waals surface area contributed by atoms with E-state index in [1.807, 2.05) is 13.1 Å². The largest absolute Gasteiger partial charge is 0.313 e. The Balaban J connectivity index is 2.19. The molecule has 0 aliphatic heterocycles. The molecular weight excluding hydrogens is 233 g/mol. The summed E-state index contributed by atoms with van der Waals surface area (Å²) in [6.45, 7) is 1.75. The summed E-state index contributed by atoms with van der Waals surface area (Å²) in [6.07, 6.45) is 0.576. The molecule has 5 nitrogen and oxygen atoms in total. The highest BCUT2D eigenvalue weighted by Crippen LogP contribution is 2.19. The van der Waals surface area contributed by atoms with Crippen LogP contribution in [0.25, 0.3) is 0 Å². The Hall–Kier alpha value is -1.82. The van der Waals surface area contributed by atoms with Crippen LogP contribution in [-0.4, -0.2) is 27.3 Å². The Kier molecular flexibility index (Phi) is 3.66. The molecule has 0 bridgehead atoms. The fraction of sp³-hybridized carbons (Fsp3) is 0.417. The van der Waals surface area contributed by atoms with Crippen molar-refractivity contribution in [2.45, 2.75) is 19.4 Å². The fourth-order valence-corrected chi connectivity index (χ4v) is 1.80. The first-order chi connectivity index (χ1) is 8.60. The summed E-state index contributed by atoms with van der Waals surface area (Å²) in [5, 5.41) is 15.0. The maximum atomic E-state index is 13.5. The molecule has 1 atom stereocenters. The number of aromatic nitrogens is 4. The standard InChI is InChI=1S/C12H16FN5/c1-8-4-5-9(6-10(8)13)11(14-2)7-12-15-17-18(3)16-12/h4-6,11,14H,7H2,1-3H3. The third-order valence-corrected chi connectivity index (χ3v) is 2.88. The van der Waals surface area contributed by atoms with Crippen molar-refractivity contribution in [2.75, 3.05) is 7.05 Å². The van der Waals surface area contributed by atoms with Crippen LogP contribution in [0.4, 0.5) is 4.39 Å². The molecule has 0 radical (unpaired) electrons. The van der Waals surface area contributed by atoms with E-state index in [4.69, 9.17) is 0 Å². The summed E-state index contributed by atoms with van der Waals surface area (Å²) in [5.74, 6) is 0.442. The highest BCUT2D eigenvalue weighted by Gasteiger charge is 2.14. The molecule has 1 aromatic heterocycles. The van der Waals surface area contributed by atoms with E-state index in [0.29, 0.717) is 17.8 Å². The zero-order chi connectivity index (χ0) is 13.1. The molecule has 0 amide bonds. The Morgan fingerprint density at radius 2 is 2.22 bits per heavy atom. The molecule has 2 rings (SSSR count). The van der Waals surface area contributed by atoms with Gasteiger partial charge in [0.1, 0.15) is 5.82 Å². The van der Waals surface area contributed by atoms with Crippen molar-refractivity contribution in [1.29, 1.82) is 0 Å². The quantitative estimate of drug-likeness (QED) is 0.883. The van der Waals surface area contributed by atoms with E-state index in [2.05, 4.69) is 20.7 Å². The number of halogens is 1. The van der Waals surface area contributed by atoms with Crippen molar-refractivity contribution in [3.63, 3.8) is 0 Å². The van der Waals surface area contributed by atoms with Crippen LogP contribution in [0, 0.1) is 12.7 Å². The van der Waals surface area contributed by atoms with E-state index in [9.17, 15) is 4.39 Å². The van der Waals surface area contributed by atoms with Crippen molar-refractivity contribution >= 4 is 0 Å². The van der Waals surface area contributed by atoms with Gasteiger partial charge in [-0.1, -0.05) is 12.1 Å². The first-order valence-corrected chi connectivity index (χ1v) is 5.76. The average Bonchev–Trinajstić information content (AvgIpc) is 2.75. The molecule has 0 spiro atoms. The number of aryl methyl sites for hydroxylation is 2. The van der Waals surface area contributed by atoms with Crippen LogP contribution in [0.3, 0.4) is 0 Å².